The number of hydrogen-bond donors (Lipinski definition) is 3. The Kier molecular flexibility index (Phi) is 4.43. The number of aromatic carboxylic acids is 1. The number of hydrogen-bond acceptors (Lipinski definition) is 7. The molecule has 1 amide bonds. The first-order chi connectivity index (χ1) is 10.0. The van der Waals surface area contributed by atoms with Crippen LogP contribution >= 0.6 is 11.3 Å². The number of carbonyl (C=O) groups is 2. The molecule has 0 spiro atoms. The maximum atomic E-state index is 11.3. The molecule has 0 aliphatic heterocycles. The van der Waals surface area contributed by atoms with Gasteiger partial charge in [0.1, 0.15) is 10.8 Å². The topological polar surface area (TPSA) is 117 Å². The predicted octanol–water partition coefficient (Wildman–Crippen LogP) is 1.16. The number of anilines is 1. The maximum Gasteiger partial charge on any atom is 0.355 e. The van der Waals surface area contributed by atoms with Crippen molar-refractivity contribution < 1.29 is 14.7 Å². The Bertz CT molecular complexity index is 655. The third-order valence-corrected chi connectivity index (χ3v) is 3.63. The largest absolute Gasteiger partial charge is 0.476 e. The summed E-state index contributed by atoms with van der Waals surface area (Å²) in [5, 5.41) is 24.1. The van der Waals surface area contributed by atoms with Gasteiger partial charge >= 0.3 is 5.97 Å². The molecule has 0 saturated carbocycles. The van der Waals surface area contributed by atoms with Crippen LogP contribution in [0, 0.1) is 0 Å². The van der Waals surface area contributed by atoms with Gasteiger partial charge in [-0.1, -0.05) is 0 Å². The number of aromatic nitrogens is 3. The van der Waals surface area contributed by atoms with Gasteiger partial charge in [-0.05, 0) is 19.1 Å². The van der Waals surface area contributed by atoms with E-state index in [0.717, 1.165) is 0 Å². The van der Waals surface area contributed by atoms with Gasteiger partial charge in [0, 0.05) is 12.4 Å². The summed E-state index contributed by atoms with van der Waals surface area (Å²) < 4.78 is 0. The van der Waals surface area contributed by atoms with Crippen molar-refractivity contribution in [1.29, 1.82) is 0 Å². The average molecular weight is 307 g/mol. The minimum absolute atomic E-state index is 0.0182. The molecule has 0 aromatic carbocycles. The molecular weight excluding hydrogens is 294 g/mol. The fourth-order valence-corrected chi connectivity index (χ4v) is 2.33. The minimum atomic E-state index is -1.06. The van der Waals surface area contributed by atoms with Gasteiger partial charge in [-0.15, -0.1) is 21.5 Å². The van der Waals surface area contributed by atoms with E-state index >= 15 is 0 Å². The van der Waals surface area contributed by atoms with Crippen molar-refractivity contribution in [3.63, 3.8) is 0 Å². The van der Waals surface area contributed by atoms with Crippen LogP contribution in [0.5, 0.6) is 0 Å². The second-order valence-corrected chi connectivity index (χ2v) is 5.01. The predicted molar refractivity (Wildman–Crippen MR) is 76.5 cm³/mol. The highest BCUT2D eigenvalue weighted by atomic mass is 32.1. The van der Waals surface area contributed by atoms with Crippen molar-refractivity contribution in [2.75, 3.05) is 12.4 Å². The van der Waals surface area contributed by atoms with E-state index in [-0.39, 0.29) is 23.3 Å². The van der Waals surface area contributed by atoms with Gasteiger partial charge in [-0.25, -0.2) is 9.78 Å². The van der Waals surface area contributed by atoms with Crippen LogP contribution in [-0.4, -0.2) is 39.2 Å². The number of amides is 1. The Balaban J connectivity index is 2.06. The van der Waals surface area contributed by atoms with Gasteiger partial charge in [0.2, 0.25) is 0 Å². The lowest BCUT2D eigenvalue weighted by Crippen LogP contribution is -2.20. The van der Waals surface area contributed by atoms with Crippen LogP contribution in [0.4, 0.5) is 5.82 Å². The number of nitrogens with one attached hydrogen (secondary N) is 2. The standard InChI is InChI=1S/C12H13N5O3S/c1-6(11-15-8(5-21-11)12(19)20)14-9-4-3-7(16-17-9)10(18)13-2/h3-6H,1-2H3,(H,13,18)(H,14,17)(H,19,20). The molecule has 21 heavy (non-hydrogen) atoms. The number of nitrogens with zero attached hydrogens (tertiary/aromatic N) is 3. The van der Waals surface area contributed by atoms with Crippen molar-refractivity contribution in [3.05, 3.63) is 33.9 Å². The lowest BCUT2D eigenvalue weighted by atomic mass is 10.3. The molecule has 0 aliphatic rings. The Hall–Kier alpha value is -2.55. The highest BCUT2D eigenvalue weighted by molar-refractivity contribution is 7.09. The average Bonchev–Trinajstić information content (AvgIpc) is 2.97. The molecule has 2 rings (SSSR count). The van der Waals surface area contributed by atoms with Crippen LogP contribution in [0.1, 0.15) is 39.0 Å². The summed E-state index contributed by atoms with van der Waals surface area (Å²) in [5.41, 5.74) is 0.239. The Morgan fingerprint density at radius 3 is 2.57 bits per heavy atom. The quantitative estimate of drug-likeness (QED) is 0.758. The van der Waals surface area contributed by atoms with E-state index in [0.29, 0.717) is 10.8 Å². The molecule has 0 radical (unpaired) electrons. The zero-order chi connectivity index (χ0) is 15.4. The first-order valence-corrected chi connectivity index (χ1v) is 6.90. The summed E-state index contributed by atoms with van der Waals surface area (Å²) in [6.07, 6.45) is 0. The third-order valence-electron chi connectivity index (χ3n) is 2.60. The minimum Gasteiger partial charge on any atom is -0.476 e. The Morgan fingerprint density at radius 2 is 2.05 bits per heavy atom. The van der Waals surface area contributed by atoms with Gasteiger partial charge in [0.05, 0.1) is 6.04 Å². The normalized spacial score (nSPS) is 11.7. The lowest BCUT2D eigenvalue weighted by molar-refractivity contribution is 0.0691. The van der Waals surface area contributed by atoms with E-state index in [1.807, 2.05) is 6.92 Å². The van der Waals surface area contributed by atoms with Crippen LogP contribution in [0.15, 0.2) is 17.5 Å². The lowest BCUT2D eigenvalue weighted by Gasteiger charge is -2.11. The molecule has 2 heterocycles. The van der Waals surface area contributed by atoms with Gasteiger partial charge in [0.25, 0.3) is 5.91 Å². The molecule has 1 atom stereocenters. The fraction of sp³-hybridized carbons (Fsp3) is 0.250. The number of carboxylic acid groups (broad SMARTS) is 1. The summed E-state index contributed by atoms with van der Waals surface area (Å²) >= 11 is 1.25. The van der Waals surface area contributed by atoms with Crippen molar-refractivity contribution in [2.24, 2.45) is 0 Å². The van der Waals surface area contributed by atoms with E-state index in [2.05, 4.69) is 25.8 Å². The van der Waals surface area contributed by atoms with Gasteiger partial charge in [0.15, 0.2) is 11.4 Å². The highest BCUT2D eigenvalue weighted by Gasteiger charge is 2.14. The molecule has 2 aromatic rings. The van der Waals surface area contributed by atoms with Crippen LogP contribution in [0.2, 0.25) is 0 Å². The van der Waals surface area contributed by atoms with Crippen molar-refractivity contribution >= 4 is 29.0 Å². The number of carbonyl (C=O) groups excluding carboxylic acids is 1. The summed E-state index contributed by atoms with van der Waals surface area (Å²) in [6.45, 7) is 1.83. The molecular formula is C12H13N5O3S. The molecule has 1 unspecified atom stereocenters. The Labute approximate surface area is 124 Å². The van der Waals surface area contributed by atoms with E-state index < -0.39 is 5.97 Å². The molecule has 0 bridgehead atoms. The number of thiazole rings is 1. The molecule has 3 N–H and O–H groups in total. The molecule has 110 valence electrons. The highest BCUT2D eigenvalue weighted by Crippen LogP contribution is 2.21. The summed E-state index contributed by atoms with van der Waals surface area (Å²) in [6, 6.07) is 2.95. The van der Waals surface area contributed by atoms with Crippen molar-refractivity contribution in [3.8, 4) is 0 Å². The third kappa shape index (κ3) is 3.51. The molecule has 0 aliphatic carbocycles. The first kappa shape index (κ1) is 14.9. The monoisotopic (exact) mass is 307 g/mol. The van der Waals surface area contributed by atoms with Crippen LogP contribution < -0.4 is 10.6 Å². The molecule has 0 fully saturated rings. The van der Waals surface area contributed by atoms with Crippen LogP contribution in [0.3, 0.4) is 0 Å². The molecule has 8 nitrogen and oxygen atoms in total. The second kappa shape index (κ2) is 6.27. The van der Waals surface area contributed by atoms with Crippen LogP contribution in [0.25, 0.3) is 0 Å². The number of carboxylic acids is 1. The molecule has 2 aromatic heterocycles. The fourth-order valence-electron chi connectivity index (χ4n) is 1.53. The smallest absolute Gasteiger partial charge is 0.355 e. The SMILES string of the molecule is CNC(=O)c1ccc(NC(C)c2nc(C(=O)O)cs2)nn1. The van der Waals surface area contributed by atoms with Crippen molar-refractivity contribution in [2.45, 2.75) is 13.0 Å². The van der Waals surface area contributed by atoms with E-state index in [9.17, 15) is 9.59 Å². The zero-order valence-corrected chi connectivity index (χ0v) is 12.1. The van der Waals surface area contributed by atoms with E-state index in [1.165, 1.54) is 23.8 Å². The summed E-state index contributed by atoms with van der Waals surface area (Å²) in [5.74, 6) is -0.894. The van der Waals surface area contributed by atoms with Crippen LogP contribution in [-0.2, 0) is 0 Å². The molecule has 0 saturated heterocycles. The van der Waals surface area contributed by atoms with Gasteiger partial charge in [-0.3, -0.25) is 4.79 Å². The molecule has 9 heteroatoms. The number of rotatable bonds is 5. The Morgan fingerprint density at radius 1 is 1.29 bits per heavy atom. The van der Waals surface area contributed by atoms with Crippen molar-refractivity contribution in [1.82, 2.24) is 20.5 Å². The van der Waals surface area contributed by atoms with E-state index in [1.54, 1.807) is 12.1 Å². The van der Waals surface area contributed by atoms with E-state index in [4.69, 9.17) is 5.11 Å². The summed E-state index contributed by atoms with van der Waals surface area (Å²) in [4.78, 5) is 26.1. The summed E-state index contributed by atoms with van der Waals surface area (Å²) in [7, 11) is 1.51. The van der Waals surface area contributed by atoms with Gasteiger partial charge < -0.3 is 15.7 Å². The van der Waals surface area contributed by atoms with Gasteiger partial charge in [-0.2, -0.15) is 0 Å². The zero-order valence-electron chi connectivity index (χ0n) is 11.3. The first-order valence-electron chi connectivity index (χ1n) is 6.02. The maximum absolute atomic E-state index is 11.3. The second-order valence-electron chi connectivity index (χ2n) is 4.13.